The number of aromatic nitrogens is 1. The van der Waals surface area contributed by atoms with Crippen molar-refractivity contribution in [3.63, 3.8) is 0 Å². The van der Waals surface area contributed by atoms with Gasteiger partial charge in [-0.25, -0.2) is 4.98 Å². The third kappa shape index (κ3) is 2.19. The Morgan fingerprint density at radius 1 is 1.17 bits per heavy atom. The summed E-state index contributed by atoms with van der Waals surface area (Å²) < 4.78 is 7.74. The molecule has 0 bridgehead atoms. The fourth-order valence-corrected chi connectivity index (χ4v) is 2.81. The summed E-state index contributed by atoms with van der Waals surface area (Å²) in [4.78, 5) is 4.40. The fourth-order valence-electron chi connectivity index (χ4n) is 1.60. The predicted octanol–water partition coefficient (Wildman–Crippen LogP) is 4.43. The Hall–Kier alpha value is -1.59. The molecule has 2 N–H and O–H groups in total. The molecule has 18 heavy (non-hydrogen) atoms. The maximum atomic E-state index is 5.89. The predicted molar refractivity (Wildman–Crippen MR) is 78.2 cm³/mol. The molecule has 0 aliphatic heterocycles. The summed E-state index contributed by atoms with van der Waals surface area (Å²) in [5.74, 6) is 0.622. The molecule has 2 aromatic carbocycles. The van der Waals surface area contributed by atoms with E-state index in [0.717, 1.165) is 14.7 Å². The Balaban J connectivity index is 1.96. The monoisotopic (exact) mass is 320 g/mol. The van der Waals surface area contributed by atoms with Crippen molar-refractivity contribution in [2.45, 2.75) is 0 Å². The fraction of sp³-hybridized carbons (Fsp3) is 0. The average Bonchev–Trinajstić information content (AvgIpc) is 2.75. The van der Waals surface area contributed by atoms with Crippen molar-refractivity contribution in [1.29, 1.82) is 0 Å². The molecule has 0 aliphatic rings. The van der Waals surface area contributed by atoms with E-state index in [4.69, 9.17) is 10.5 Å². The number of fused-ring (bicyclic) bond motifs is 1. The zero-order chi connectivity index (χ0) is 12.5. The first-order valence-electron chi connectivity index (χ1n) is 5.31. The first-order chi connectivity index (χ1) is 8.72. The number of nitrogens with zero attached hydrogens (tertiary/aromatic N) is 1. The van der Waals surface area contributed by atoms with E-state index in [0.29, 0.717) is 16.6 Å². The highest BCUT2D eigenvalue weighted by molar-refractivity contribution is 9.10. The van der Waals surface area contributed by atoms with Gasteiger partial charge in [-0.1, -0.05) is 39.4 Å². The SMILES string of the molecule is Nc1cc(Br)ccc1Oc1nc2ccccc2s1. The van der Waals surface area contributed by atoms with E-state index in [-0.39, 0.29) is 0 Å². The summed E-state index contributed by atoms with van der Waals surface area (Å²) in [6.07, 6.45) is 0. The number of hydrogen-bond donors (Lipinski definition) is 1. The molecular formula is C13H9BrN2OS. The van der Waals surface area contributed by atoms with Gasteiger partial charge in [-0.2, -0.15) is 0 Å². The number of anilines is 1. The molecule has 1 heterocycles. The molecule has 0 amide bonds. The molecular weight excluding hydrogens is 312 g/mol. The third-order valence-electron chi connectivity index (χ3n) is 2.44. The Morgan fingerprint density at radius 2 is 2.00 bits per heavy atom. The van der Waals surface area contributed by atoms with E-state index in [1.54, 1.807) is 0 Å². The third-order valence-corrected chi connectivity index (χ3v) is 3.85. The van der Waals surface area contributed by atoms with Gasteiger partial charge in [0.25, 0.3) is 5.19 Å². The van der Waals surface area contributed by atoms with Crippen molar-refractivity contribution < 1.29 is 4.74 Å². The lowest BCUT2D eigenvalue weighted by Gasteiger charge is -2.05. The van der Waals surface area contributed by atoms with Gasteiger partial charge in [0.05, 0.1) is 15.9 Å². The second kappa shape index (κ2) is 4.59. The topological polar surface area (TPSA) is 48.1 Å². The van der Waals surface area contributed by atoms with Crippen LogP contribution in [0.15, 0.2) is 46.9 Å². The zero-order valence-corrected chi connectivity index (χ0v) is 11.7. The first-order valence-corrected chi connectivity index (χ1v) is 6.92. The van der Waals surface area contributed by atoms with E-state index in [1.807, 2.05) is 42.5 Å². The normalized spacial score (nSPS) is 10.7. The summed E-state index contributed by atoms with van der Waals surface area (Å²) in [5.41, 5.74) is 7.41. The van der Waals surface area contributed by atoms with Crippen LogP contribution in [0.4, 0.5) is 5.69 Å². The van der Waals surface area contributed by atoms with E-state index in [1.165, 1.54) is 11.3 Å². The van der Waals surface area contributed by atoms with E-state index < -0.39 is 0 Å². The summed E-state index contributed by atoms with van der Waals surface area (Å²) in [5, 5.41) is 0.602. The minimum absolute atomic E-state index is 0.587. The first kappa shape index (κ1) is 11.5. The van der Waals surface area contributed by atoms with Crippen molar-refractivity contribution >= 4 is 43.2 Å². The molecule has 1 aromatic heterocycles. The molecule has 0 atom stereocenters. The van der Waals surface area contributed by atoms with Crippen LogP contribution in [-0.4, -0.2) is 4.98 Å². The van der Waals surface area contributed by atoms with Crippen LogP contribution in [0.25, 0.3) is 10.2 Å². The van der Waals surface area contributed by atoms with Crippen LogP contribution in [0.5, 0.6) is 10.9 Å². The van der Waals surface area contributed by atoms with Crippen LogP contribution in [0.2, 0.25) is 0 Å². The Kier molecular flexibility index (Phi) is 2.93. The second-order valence-corrected chi connectivity index (χ2v) is 5.64. The van der Waals surface area contributed by atoms with Gasteiger partial charge in [0.1, 0.15) is 0 Å². The van der Waals surface area contributed by atoms with Crippen molar-refractivity contribution in [3.8, 4) is 10.9 Å². The van der Waals surface area contributed by atoms with Crippen LogP contribution in [-0.2, 0) is 0 Å². The molecule has 0 fully saturated rings. The molecule has 0 aliphatic carbocycles. The van der Waals surface area contributed by atoms with Gasteiger partial charge in [-0.15, -0.1) is 0 Å². The van der Waals surface area contributed by atoms with Crippen molar-refractivity contribution in [2.75, 3.05) is 5.73 Å². The Bertz CT molecular complexity index is 678. The van der Waals surface area contributed by atoms with E-state index in [2.05, 4.69) is 20.9 Å². The van der Waals surface area contributed by atoms with Gasteiger partial charge in [0, 0.05) is 4.47 Å². The van der Waals surface area contributed by atoms with Crippen LogP contribution in [0.3, 0.4) is 0 Å². The molecule has 0 unspecified atom stereocenters. The van der Waals surface area contributed by atoms with Gasteiger partial charge < -0.3 is 10.5 Å². The van der Waals surface area contributed by atoms with Crippen LogP contribution < -0.4 is 10.5 Å². The number of rotatable bonds is 2. The van der Waals surface area contributed by atoms with E-state index >= 15 is 0 Å². The minimum atomic E-state index is 0.587. The number of thiazole rings is 1. The highest BCUT2D eigenvalue weighted by Gasteiger charge is 2.07. The molecule has 0 saturated heterocycles. The Labute approximate surface area is 116 Å². The summed E-state index contributed by atoms with van der Waals surface area (Å²) in [6.45, 7) is 0. The Morgan fingerprint density at radius 3 is 2.78 bits per heavy atom. The van der Waals surface area contributed by atoms with Gasteiger partial charge in [0.2, 0.25) is 0 Å². The maximum absolute atomic E-state index is 5.89. The minimum Gasteiger partial charge on any atom is -0.429 e. The molecule has 3 nitrogen and oxygen atoms in total. The van der Waals surface area contributed by atoms with Crippen molar-refractivity contribution in [1.82, 2.24) is 4.98 Å². The number of hydrogen-bond acceptors (Lipinski definition) is 4. The highest BCUT2D eigenvalue weighted by atomic mass is 79.9. The molecule has 0 radical (unpaired) electrons. The summed E-state index contributed by atoms with van der Waals surface area (Å²) >= 11 is 4.87. The number of benzene rings is 2. The van der Waals surface area contributed by atoms with Gasteiger partial charge in [-0.05, 0) is 30.3 Å². The molecule has 0 saturated carbocycles. The van der Waals surface area contributed by atoms with Gasteiger partial charge >= 0.3 is 0 Å². The molecule has 3 aromatic rings. The molecule has 3 rings (SSSR count). The van der Waals surface area contributed by atoms with Crippen LogP contribution >= 0.6 is 27.3 Å². The largest absolute Gasteiger partial charge is 0.429 e. The standard InChI is InChI=1S/C13H9BrN2OS/c14-8-5-6-11(9(15)7-8)17-13-16-10-3-1-2-4-12(10)18-13/h1-7H,15H2. The lowest BCUT2D eigenvalue weighted by Crippen LogP contribution is -1.91. The van der Waals surface area contributed by atoms with Gasteiger partial charge in [-0.3, -0.25) is 0 Å². The molecule has 5 heteroatoms. The smallest absolute Gasteiger partial charge is 0.279 e. The molecule has 0 spiro atoms. The quantitative estimate of drug-likeness (QED) is 0.710. The lowest BCUT2D eigenvalue weighted by molar-refractivity contribution is 0.482. The van der Waals surface area contributed by atoms with Crippen LogP contribution in [0, 0.1) is 0 Å². The maximum Gasteiger partial charge on any atom is 0.279 e. The number of nitrogen functional groups attached to an aromatic ring is 1. The highest BCUT2D eigenvalue weighted by Crippen LogP contribution is 2.34. The average molecular weight is 321 g/mol. The van der Waals surface area contributed by atoms with Crippen molar-refractivity contribution in [2.24, 2.45) is 0 Å². The van der Waals surface area contributed by atoms with E-state index in [9.17, 15) is 0 Å². The number of halogens is 1. The van der Waals surface area contributed by atoms with Gasteiger partial charge in [0.15, 0.2) is 5.75 Å². The number of ether oxygens (including phenoxy) is 1. The zero-order valence-electron chi connectivity index (χ0n) is 9.26. The summed E-state index contributed by atoms with van der Waals surface area (Å²) in [6, 6.07) is 13.4. The second-order valence-electron chi connectivity index (χ2n) is 3.73. The lowest BCUT2D eigenvalue weighted by atomic mass is 10.3. The molecule has 90 valence electrons. The number of para-hydroxylation sites is 1. The number of nitrogens with two attached hydrogens (primary N) is 1. The van der Waals surface area contributed by atoms with Crippen LogP contribution in [0.1, 0.15) is 0 Å². The van der Waals surface area contributed by atoms with Crippen molar-refractivity contribution in [3.05, 3.63) is 46.9 Å². The summed E-state index contributed by atoms with van der Waals surface area (Å²) in [7, 11) is 0.